The van der Waals surface area contributed by atoms with Gasteiger partial charge in [0.05, 0.1) is 0 Å². The summed E-state index contributed by atoms with van der Waals surface area (Å²) in [6.07, 6.45) is 5.90. The van der Waals surface area contributed by atoms with Crippen molar-refractivity contribution in [3.63, 3.8) is 0 Å². The molecule has 0 spiro atoms. The minimum Gasteiger partial charge on any atom is -0.451 e. The van der Waals surface area contributed by atoms with Crippen LogP contribution >= 0.6 is 0 Å². The van der Waals surface area contributed by atoms with Gasteiger partial charge in [-0.05, 0) is 74.7 Å². The van der Waals surface area contributed by atoms with Crippen LogP contribution in [-0.4, -0.2) is 63.3 Å². The van der Waals surface area contributed by atoms with E-state index in [1.54, 1.807) is 6.82 Å². The lowest BCUT2D eigenvalue weighted by atomic mass is 9.58. The summed E-state index contributed by atoms with van der Waals surface area (Å²) in [6, 6.07) is 8.66. The smallest absolute Gasteiger partial charge is 0.303 e. The second-order valence-electron chi connectivity index (χ2n) is 11.6. The fraction of sp³-hybridized carbons (Fsp3) is 0.567. The van der Waals surface area contributed by atoms with Gasteiger partial charge < -0.3 is 14.5 Å². The first-order valence-electron chi connectivity index (χ1n) is 14.2. The Kier molecular flexibility index (Phi) is 6.28. The summed E-state index contributed by atoms with van der Waals surface area (Å²) >= 11 is 0. The molecule has 0 radical (unpaired) electrons. The van der Waals surface area contributed by atoms with Crippen LogP contribution in [0.15, 0.2) is 47.2 Å². The number of ketones is 2. The Balaban J connectivity index is 1.67. The zero-order valence-electron chi connectivity index (χ0n) is 23.8. The van der Waals surface area contributed by atoms with E-state index >= 15 is 0 Å². The second-order valence-corrected chi connectivity index (χ2v) is 11.6. The van der Waals surface area contributed by atoms with Crippen molar-refractivity contribution in [3.05, 3.63) is 52.7 Å². The third kappa shape index (κ3) is 4.05. The Morgan fingerprint density at radius 1 is 1.22 bits per heavy atom. The zero-order chi connectivity index (χ0) is 27.4. The number of benzene rings is 1. The Morgan fingerprint density at radius 3 is 2.59 bits per heavy atom. The molecule has 1 saturated carbocycles. The van der Waals surface area contributed by atoms with Crippen LogP contribution in [0, 0.1) is 5.41 Å². The maximum absolute atomic E-state index is 13.9. The number of hydrogen-bond donors (Lipinski definition) is 0. The van der Waals surface area contributed by atoms with E-state index in [2.05, 4.69) is 41.0 Å². The number of hydrogen-bond acceptors (Lipinski definition) is 6. The summed E-state index contributed by atoms with van der Waals surface area (Å²) in [4.78, 5) is 43.2. The number of esters is 1. The minimum atomic E-state index is -1.24. The van der Waals surface area contributed by atoms with Crippen LogP contribution in [-0.2, 0) is 19.1 Å². The number of ether oxygens (including phenoxy) is 1. The summed E-state index contributed by atoms with van der Waals surface area (Å²) in [6.45, 7) is 6.03. The lowest BCUT2D eigenvalue weighted by Crippen LogP contribution is -2.62. The van der Waals surface area contributed by atoms with Crippen LogP contribution in [0.1, 0.15) is 63.9 Å². The average molecular weight is 503 g/mol. The quantitative estimate of drug-likeness (QED) is 0.423. The van der Waals surface area contributed by atoms with Crippen LogP contribution in [0.25, 0.3) is 0 Å². The molecule has 1 aromatic carbocycles. The van der Waals surface area contributed by atoms with Crippen molar-refractivity contribution < 1.29 is 19.1 Å². The molecule has 2 unspecified atom stereocenters. The third-order valence-corrected chi connectivity index (χ3v) is 9.32. The molecule has 2 aliphatic carbocycles. The molecular weight excluding hydrogens is 463 g/mol. The van der Waals surface area contributed by atoms with Gasteiger partial charge in [-0.15, -0.1) is 0 Å². The maximum Gasteiger partial charge on any atom is 0.303 e. The van der Waals surface area contributed by atoms with Crippen molar-refractivity contribution in [3.8, 4) is 0 Å². The highest BCUT2D eigenvalue weighted by molar-refractivity contribution is 6.40. The number of fused-ring (bicyclic) bond motifs is 4. The molecule has 0 bridgehead atoms. The van der Waals surface area contributed by atoms with Gasteiger partial charge in [0.25, 0.3) is 0 Å². The van der Waals surface area contributed by atoms with E-state index in [1.165, 1.54) is 23.8 Å². The number of carbonyl (C=O) groups excluding carboxylic acids is 3. The molecule has 0 amide bonds. The predicted octanol–water partition coefficient (Wildman–Crippen LogP) is 4.43. The van der Waals surface area contributed by atoms with Gasteiger partial charge in [-0.2, -0.15) is 0 Å². The highest BCUT2D eigenvalue weighted by atomic mass is 16.6. The first-order chi connectivity index (χ1) is 18.0. The Hall–Kier alpha value is -2.83. The standard InChI is InChI=1S/C30H39BN2O4/c1-19(34)37-30(27(36)18-31-3)14-12-26-29(30,2)17-25(20-6-8-22(9-7-20)32(4)5)28-24-11-10-23(35)16-21(24)13-15-33(26)28/h6-9,16,25-26,31H,10-15,17-18H2,1-5H3/t25?,26?,29-,30-/m0/s1/i31D. The summed E-state index contributed by atoms with van der Waals surface area (Å²) in [5.74, 6) is -0.355. The number of carbonyl (C=O) groups is 3. The molecule has 1 aromatic rings. The zero-order valence-corrected chi connectivity index (χ0v) is 22.8. The molecule has 2 heterocycles. The molecule has 6 nitrogen and oxygen atoms in total. The highest BCUT2D eigenvalue weighted by Gasteiger charge is 2.67. The van der Waals surface area contributed by atoms with Gasteiger partial charge in [0.2, 0.25) is 0 Å². The van der Waals surface area contributed by atoms with E-state index in [1.807, 2.05) is 20.2 Å². The first kappa shape index (κ1) is 24.5. The van der Waals surface area contributed by atoms with Crippen molar-refractivity contribution in [2.45, 2.75) is 83.1 Å². The van der Waals surface area contributed by atoms with Gasteiger partial charge in [0.1, 0.15) is 7.24 Å². The summed E-state index contributed by atoms with van der Waals surface area (Å²) < 4.78 is 14.2. The fourth-order valence-electron chi connectivity index (χ4n) is 7.64. The van der Waals surface area contributed by atoms with Crippen molar-refractivity contribution in [1.82, 2.24) is 4.90 Å². The third-order valence-electron chi connectivity index (χ3n) is 9.32. The molecule has 2 fully saturated rings. The lowest BCUT2D eigenvalue weighted by molar-refractivity contribution is -0.182. The van der Waals surface area contributed by atoms with Gasteiger partial charge in [0.15, 0.2) is 17.2 Å². The van der Waals surface area contributed by atoms with E-state index in [0.29, 0.717) is 19.3 Å². The molecule has 1 saturated heterocycles. The molecule has 37 heavy (non-hydrogen) atoms. The minimum absolute atomic E-state index is 0.00798. The van der Waals surface area contributed by atoms with Gasteiger partial charge in [-0.25, -0.2) is 0 Å². The van der Waals surface area contributed by atoms with Gasteiger partial charge >= 0.3 is 5.97 Å². The lowest BCUT2D eigenvalue weighted by Gasteiger charge is -2.57. The number of nitrogens with zero attached hydrogens (tertiary/aromatic N) is 2. The summed E-state index contributed by atoms with van der Waals surface area (Å²) in [5.41, 5.74) is 4.18. The molecule has 0 N–H and O–H groups in total. The van der Waals surface area contributed by atoms with E-state index in [0.717, 1.165) is 37.1 Å². The van der Waals surface area contributed by atoms with Gasteiger partial charge in [-0.3, -0.25) is 14.4 Å². The maximum atomic E-state index is 13.9. The Labute approximate surface area is 222 Å². The van der Waals surface area contributed by atoms with Crippen LogP contribution in [0.4, 0.5) is 5.69 Å². The number of allylic oxidation sites excluding steroid dienone is 3. The second kappa shape index (κ2) is 9.48. The molecule has 5 rings (SSSR count). The largest absolute Gasteiger partial charge is 0.451 e. The van der Waals surface area contributed by atoms with E-state index < -0.39 is 24.2 Å². The monoisotopic (exact) mass is 503 g/mol. The van der Waals surface area contributed by atoms with Crippen LogP contribution in [0.3, 0.4) is 0 Å². The number of rotatable bonds is 6. The first-order valence-corrected chi connectivity index (χ1v) is 13.6. The van der Waals surface area contributed by atoms with Crippen molar-refractivity contribution in [2.24, 2.45) is 5.41 Å². The fourth-order valence-corrected chi connectivity index (χ4v) is 7.64. The van der Waals surface area contributed by atoms with Crippen molar-refractivity contribution in [2.75, 3.05) is 25.5 Å². The Morgan fingerprint density at radius 2 is 1.95 bits per heavy atom. The Bertz CT molecular complexity index is 1220. The summed E-state index contributed by atoms with van der Waals surface area (Å²) in [5, 5.41) is 0. The van der Waals surface area contributed by atoms with Crippen LogP contribution in [0.2, 0.25) is 13.1 Å². The molecule has 2 aliphatic heterocycles. The molecule has 0 aromatic heterocycles. The SMILES string of the molecule is [2H]B(C)CC(=O)[C@@]1(OC(C)=O)CCC2N3CCC4=CC(=O)CCC4=C3C(c3ccc(N(C)C)cc3)C[C@@]21C. The van der Waals surface area contributed by atoms with Crippen LogP contribution < -0.4 is 4.90 Å². The molecule has 4 atom stereocenters. The van der Waals surface area contributed by atoms with Crippen molar-refractivity contribution in [1.29, 1.82) is 1.34 Å². The molecule has 7 heteroatoms. The topological polar surface area (TPSA) is 66.9 Å². The predicted molar refractivity (Wildman–Crippen MR) is 147 cm³/mol. The van der Waals surface area contributed by atoms with Gasteiger partial charge in [-0.1, -0.05) is 25.9 Å². The molecule has 196 valence electrons. The van der Waals surface area contributed by atoms with E-state index in [9.17, 15) is 14.4 Å². The number of Topliss-reactive ketones (excluding diaryl/α,β-unsaturated/α-hetero) is 1. The highest BCUT2D eigenvalue weighted by Crippen LogP contribution is 2.62. The summed E-state index contributed by atoms with van der Waals surface area (Å²) in [7, 11) is 3.49. The molecular formula is C30H39BN2O4. The van der Waals surface area contributed by atoms with Crippen molar-refractivity contribution >= 4 is 30.5 Å². The normalized spacial score (nSPS) is 31.1. The van der Waals surface area contributed by atoms with E-state index in [-0.39, 0.29) is 29.8 Å². The van der Waals surface area contributed by atoms with E-state index in [4.69, 9.17) is 6.07 Å². The van der Waals surface area contributed by atoms with Gasteiger partial charge in [0, 0.05) is 62.7 Å². The number of anilines is 1. The number of piperidine rings is 1. The molecule has 4 aliphatic rings. The average Bonchev–Trinajstić information content (AvgIpc) is 3.15. The van der Waals surface area contributed by atoms with Crippen LogP contribution in [0.5, 0.6) is 0 Å².